The van der Waals surface area contributed by atoms with Crippen molar-refractivity contribution in [1.29, 1.82) is 0 Å². The van der Waals surface area contributed by atoms with E-state index < -0.39 is 0 Å². The summed E-state index contributed by atoms with van der Waals surface area (Å²) in [4.78, 5) is 7.03. The van der Waals surface area contributed by atoms with Gasteiger partial charge in [0.05, 0.1) is 0 Å². The SMILES string of the molecule is CC(C)(C)c1nsc(N(CCCO)C2CCC2)n1. The fourth-order valence-corrected chi connectivity index (χ4v) is 2.97. The molecule has 1 fully saturated rings. The lowest BCUT2D eigenvalue weighted by molar-refractivity contribution is 0.283. The fraction of sp³-hybridized carbons (Fsp3) is 0.846. The average Bonchev–Trinajstić information content (AvgIpc) is 2.69. The van der Waals surface area contributed by atoms with Crippen LogP contribution in [0.5, 0.6) is 0 Å². The summed E-state index contributed by atoms with van der Waals surface area (Å²) in [5.41, 5.74) is 0.0109. The molecule has 1 aliphatic carbocycles. The van der Waals surface area contributed by atoms with Gasteiger partial charge in [-0.05, 0) is 25.7 Å². The predicted octanol–water partition coefficient (Wildman–Crippen LogP) is 2.58. The highest BCUT2D eigenvalue weighted by Crippen LogP contribution is 2.32. The van der Waals surface area contributed by atoms with E-state index in [0.29, 0.717) is 6.04 Å². The molecular weight excluding hydrogens is 246 g/mol. The molecule has 0 radical (unpaired) electrons. The largest absolute Gasteiger partial charge is 0.396 e. The molecule has 1 heterocycles. The Morgan fingerprint density at radius 3 is 2.56 bits per heavy atom. The van der Waals surface area contributed by atoms with Crippen LogP contribution in [-0.2, 0) is 5.41 Å². The van der Waals surface area contributed by atoms with Gasteiger partial charge >= 0.3 is 0 Å². The quantitative estimate of drug-likeness (QED) is 0.892. The Balaban J connectivity index is 2.11. The molecule has 1 aromatic rings. The smallest absolute Gasteiger partial charge is 0.205 e. The van der Waals surface area contributed by atoms with Gasteiger partial charge in [0.2, 0.25) is 5.13 Å². The third kappa shape index (κ3) is 3.01. The summed E-state index contributed by atoms with van der Waals surface area (Å²) >= 11 is 1.50. The number of aliphatic hydroxyl groups is 1. The molecule has 0 bridgehead atoms. The first-order valence-electron chi connectivity index (χ1n) is 6.74. The molecule has 0 amide bonds. The van der Waals surface area contributed by atoms with Gasteiger partial charge < -0.3 is 10.0 Å². The van der Waals surface area contributed by atoms with E-state index >= 15 is 0 Å². The highest BCUT2D eigenvalue weighted by atomic mass is 32.1. The summed E-state index contributed by atoms with van der Waals surface area (Å²) in [7, 11) is 0. The van der Waals surface area contributed by atoms with Crippen molar-refractivity contribution >= 4 is 16.7 Å². The topological polar surface area (TPSA) is 49.2 Å². The van der Waals surface area contributed by atoms with Crippen molar-refractivity contribution in [2.24, 2.45) is 0 Å². The molecule has 4 nitrogen and oxygen atoms in total. The van der Waals surface area contributed by atoms with E-state index in [1.165, 1.54) is 30.8 Å². The van der Waals surface area contributed by atoms with Crippen molar-refractivity contribution in [2.45, 2.75) is 57.9 Å². The zero-order valence-electron chi connectivity index (χ0n) is 11.5. The van der Waals surface area contributed by atoms with Crippen molar-refractivity contribution in [1.82, 2.24) is 9.36 Å². The molecular formula is C13H23N3OS. The molecule has 0 aliphatic heterocycles. The predicted molar refractivity (Wildman–Crippen MR) is 75.3 cm³/mol. The molecule has 5 heteroatoms. The number of rotatable bonds is 5. The van der Waals surface area contributed by atoms with Gasteiger partial charge in [0, 0.05) is 36.1 Å². The number of anilines is 1. The highest BCUT2D eigenvalue weighted by molar-refractivity contribution is 7.09. The lowest BCUT2D eigenvalue weighted by Gasteiger charge is -2.37. The second-order valence-electron chi connectivity index (χ2n) is 6.01. The van der Waals surface area contributed by atoms with Crippen molar-refractivity contribution in [3.63, 3.8) is 0 Å². The van der Waals surface area contributed by atoms with Gasteiger partial charge in [-0.2, -0.15) is 4.37 Å². The third-order valence-corrected chi connectivity index (χ3v) is 4.16. The maximum atomic E-state index is 9.01. The number of nitrogens with zero attached hydrogens (tertiary/aromatic N) is 3. The van der Waals surface area contributed by atoms with Gasteiger partial charge in [-0.25, -0.2) is 4.98 Å². The zero-order valence-corrected chi connectivity index (χ0v) is 12.3. The van der Waals surface area contributed by atoms with Gasteiger partial charge in [0.1, 0.15) is 5.82 Å². The molecule has 1 aliphatic rings. The summed E-state index contributed by atoms with van der Waals surface area (Å²) in [6.45, 7) is 7.55. The zero-order chi connectivity index (χ0) is 13.2. The van der Waals surface area contributed by atoms with Crippen molar-refractivity contribution in [3.8, 4) is 0 Å². The van der Waals surface area contributed by atoms with Crippen LogP contribution in [0.15, 0.2) is 0 Å². The van der Waals surface area contributed by atoms with Gasteiger partial charge in [0.15, 0.2) is 0 Å². The number of aliphatic hydroxyl groups excluding tert-OH is 1. The van der Waals surface area contributed by atoms with Crippen LogP contribution in [0.1, 0.15) is 52.3 Å². The van der Waals surface area contributed by atoms with E-state index in [1.54, 1.807) is 0 Å². The Hall–Kier alpha value is -0.680. The normalized spacial score (nSPS) is 16.7. The third-order valence-electron chi connectivity index (χ3n) is 3.40. The molecule has 0 aromatic carbocycles. The molecule has 0 unspecified atom stereocenters. The fourth-order valence-electron chi connectivity index (χ4n) is 2.01. The van der Waals surface area contributed by atoms with E-state index in [9.17, 15) is 0 Å². The first-order chi connectivity index (χ1) is 8.52. The van der Waals surface area contributed by atoms with E-state index in [4.69, 9.17) is 5.11 Å². The minimum atomic E-state index is 0.0109. The van der Waals surface area contributed by atoms with Crippen molar-refractivity contribution in [3.05, 3.63) is 5.82 Å². The summed E-state index contributed by atoms with van der Waals surface area (Å²) in [6, 6.07) is 0.609. The van der Waals surface area contributed by atoms with Crippen LogP contribution < -0.4 is 4.90 Å². The van der Waals surface area contributed by atoms with Crippen LogP contribution in [0.25, 0.3) is 0 Å². The van der Waals surface area contributed by atoms with E-state index in [1.807, 2.05) is 0 Å². The monoisotopic (exact) mass is 269 g/mol. The van der Waals surface area contributed by atoms with Gasteiger partial charge in [0.25, 0.3) is 0 Å². The maximum Gasteiger partial charge on any atom is 0.205 e. The molecule has 18 heavy (non-hydrogen) atoms. The second kappa shape index (κ2) is 5.53. The molecule has 0 atom stereocenters. The minimum Gasteiger partial charge on any atom is -0.396 e. The Kier molecular flexibility index (Phi) is 4.22. The number of aromatic nitrogens is 2. The molecule has 2 rings (SSSR count). The minimum absolute atomic E-state index is 0.0109. The first kappa shape index (κ1) is 13.7. The number of hydrogen-bond acceptors (Lipinski definition) is 5. The average molecular weight is 269 g/mol. The second-order valence-corrected chi connectivity index (χ2v) is 6.74. The van der Waals surface area contributed by atoms with E-state index in [-0.39, 0.29) is 12.0 Å². The Morgan fingerprint density at radius 1 is 1.39 bits per heavy atom. The lowest BCUT2D eigenvalue weighted by atomic mass is 9.91. The van der Waals surface area contributed by atoms with Crippen LogP contribution in [0.3, 0.4) is 0 Å². The maximum absolute atomic E-state index is 9.01. The van der Waals surface area contributed by atoms with Gasteiger partial charge in [-0.3, -0.25) is 0 Å². The Morgan fingerprint density at radius 2 is 2.11 bits per heavy atom. The van der Waals surface area contributed by atoms with Crippen LogP contribution in [0.4, 0.5) is 5.13 Å². The molecule has 1 aromatic heterocycles. The molecule has 0 saturated heterocycles. The standard InChI is InChI=1S/C13H23N3OS/c1-13(2,3)11-14-12(18-15-11)16(8-5-9-17)10-6-4-7-10/h10,17H,4-9H2,1-3H3. The summed E-state index contributed by atoms with van der Waals surface area (Å²) in [5, 5.41) is 10.0. The first-order valence-corrected chi connectivity index (χ1v) is 7.51. The Bertz CT molecular complexity index is 382. The lowest BCUT2D eigenvalue weighted by Crippen LogP contribution is -2.41. The summed E-state index contributed by atoms with van der Waals surface area (Å²) < 4.78 is 4.48. The highest BCUT2D eigenvalue weighted by Gasteiger charge is 2.28. The van der Waals surface area contributed by atoms with E-state index in [0.717, 1.165) is 23.9 Å². The molecule has 1 saturated carbocycles. The van der Waals surface area contributed by atoms with E-state index in [2.05, 4.69) is 35.0 Å². The Labute approximate surface area is 113 Å². The number of hydrogen-bond donors (Lipinski definition) is 1. The summed E-state index contributed by atoms with van der Waals surface area (Å²) in [6.07, 6.45) is 4.61. The molecule has 1 N–H and O–H groups in total. The van der Waals surface area contributed by atoms with Crippen LogP contribution >= 0.6 is 11.5 Å². The van der Waals surface area contributed by atoms with Gasteiger partial charge in [-0.1, -0.05) is 20.8 Å². The van der Waals surface area contributed by atoms with Gasteiger partial charge in [-0.15, -0.1) is 0 Å². The van der Waals surface area contributed by atoms with Crippen molar-refractivity contribution in [2.75, 3.05) is 18.1 Å². The molecule has 0 spiro atoms. The van der Waals surface area contributed by atoms with Crippen molar-refractivity contribution < 1.29 is 5.11 Å². The van der Waals surface area contributed by atoms with Crippen LogP contribution in [0.2, 0.25) is 0 Å². The van der Waals surface area contributed by atoms with Crippen LogP contribution in [0, 0.1) is 0 Å². The van der Waals surface area contributed by atoms with Crippen LogP contribution in [-0.4, -0.2) is 33.7 Å². The summed E-state index contributed by atoms with van der Waals surface area (Å²) in [5.74, 6) is 0.927. The molecule has 102 valence electrons.